The van der Waals surface area contributed by atoms with E-state index in [0.717, 1.165) is 12.8 Å². The van der Waals surface area contributed by atoms with E-state index in [0.29, 0.717) is 12.3 Å². The summed E-state index contributed by atoms with van der Waals surface area (Å²) in [6.07, 6.45) is 1.73. The summed E-state index contributed by atoms with van der Waals surface area (Å²) in [6, 6.07) is 2.92. The first-order valence-electron chi connectivity index (χ1n) is 4.76. The van der Waals surface area contributed by atoms with Crippen LogP contribution in [0.5, 0.6) is 0 Å². The number of carbonyl (C=O) groups is 1. The molecular weight excluding hydrogens is 198 g/mol. The molecule has 2 N–H and O–H groups in total. The Morgan fingerprint density at radius 3 is 2.87 bits per heavy atom. The van der Waals surface area contributed by atoms with Crippen LogP contribution in [0.25, 0.3) is 0 Å². The van der Waals surface area contributed by atoms with E-state index in [1.165, 1.54) is 6.07 Å². The molecule has 1 atom stereocenters. The fraction of sp³-hybridized carbons (Fsp3) is 0.400. The number of aromatic nitrogens is 1. The number of aromatic carboxylic acids is 1. The van der Waals surface area contributed by atoms with Crippen molar-refractivity contribution in [2.24, 2.45) is 0 Å². The second kappa shape index (κ2) is 3.86. The number of ether oxygens (including phenoxy) is 1. The maximum Gasteiger partial charge on any atom is 0.341 e. The molecule has 1 saturated heterocycles. The summed E-state index contributed by atoms with van der Waals surface area (Å²) in [4.78, 5) is 24.5. The van der Waals surface area contributed by atoms with E-state index >= 15 is 0 Å². The number of rotatable bonds is 2. The van der Waals surface area contributed by atoms with Crippen molar-refractivity contribution in [3.63, 3.8) is 0 Å². The molecule has 5 heteroatoms. The average molecular weight is 209 g/mol. The Bertz CT molecular complexity index is 431. The van der Waals surface area contributed by atoms with Gasteiger partial charge in [-0.1, -0.05) is 0 Å². The first-order valence-corrected chi connectivity index (χ1v) is 4.76. The predicted octanol–water partition coefficient (Wildman–Crippen LogP) is 0.925. The van der Waals surface area contributed by atoms with Crippen molar-refractivity contribution in [2.75, 3.05) is 6.61 Å². The van der Waals surface area contributed by atoms with E-state index in [4.69, 9.17) is 9.84 Å². The van der Waals surface area contributed by atoms with Crippen LogP contribution < -0.4 is 5.56 Å². The Morgan fingerprint density at radius 1 is 1.53 bits per heavy atom. The number of H-pyrrole nitrogens is 1. The Labute approximate surface area is 85.7 Å². The number of carboxylic acids is 1. The summed E-state index contributed by atoms with van der Waals surface area (Å²) in [5, 5.41) is 8.67. The van der Waals surface area contributed by atoms with Gasteiger partial charge in [0.05, 0.1) is 6.10 Å². The minimum Gasteiger partial charge on any atom is -0.477 e. The minimum absolute atomic E-state index is 0.0967. The maximum atomic E-state index is 11.3. The summed E-state index contributed by atoms with van der Waals surface area (Å²) in [5.74, 6) is -1.21. The van der Waals surface area contributed by atoms with Gasteiger partial charge in [0, 0.05) is 12.3 Å². The van der Waals surface area contributed by atoms with Gasteiger partial charge in [-0.05, 0) is 25.0 Å². The molecule has 0 saturated carbocycles. The average Bonchev–Trinajstić information content (AvgIpc) is 2.69. The smallest absolute Gasteiger partial charge is 0.341 e. The number of pyridine rings is 1. The molecule has 0 aliphatic carbocycles. The molecule has 5 nitrogen and oxygen atoms in total. The Kier molecular flexibility index (Phi) is 2.55. The van der Waals surface area contributed by atoms with E-state index in [9.17, 15) is 9.59 Å². The molecule has 80 valence electrons. The van der Waals surface area contributed by atoms with Crippen LogP contribution in [0, 0.1) is 0 Å². The molecule has 1 aromatic heterocycles. The number of carboxylic acid groups (broad SMARTS) is 1. The summed E-state index contributed by atoms with van der Waals surface area (Å²) < 4.78 is 5.38. The first kappa shape index (κ1) is 9.92. The molecule has 1 fully saturated rings. The zero-order valence-electron chi connectivity index (χ0n) is 8.03. The van der Waals surface area contributed by atoms with Gasteiger partial charge in [-0.2, -0.15) is 0 Å². The third kappa shape index (κ3) is 1.92. The van der Waals surface area contributed by atoms with Crippen LogP contribution in [0.3, 0.4) is 0 Å². The van der Waals surface area contributed by atoms with Gasteiger partial charge in [-0.25, -0.2) is 4.79 Å². The lowest BCUT2D eigenvalue weighted by Gasteiger charge is -2.08. The standard InChI is InChI=1S/C10H11NO4/c12-9-6(10(13)14)3-4-7(11-9)8-2-1-5-15-8/h3-4,8H,1-2,5H2,(H,11,12)(H,13,14). The van der Waals surface area contributed by atoms with Crippen LogP contribution >= 0.6 is 0 Å². The first-order chi connectivity index (χ1) is 7.18. The molecule has 15 heavy (non-hydrogen) atoms. The molecule has 2 rings (SSSR count). The lowest BCUT2D eigenvalue weighted by Crippen LogP contribution is -2.19. The molecule has 0 aromatic carbocycles. The van der Waals surface area contributed by atoms with Crippen molar-refractivity contribution in [3.8, 4) is 0 Å². The van der Waals surface area contributed by atoms with E-state index in [1.807, 2.05) is 0 Å². The van der Waals surface area contributed by atoms with E-state index in [1.54, 1.807) is 6.07 Å². The SMILES string of the molecule is O=C(O)c1ccc(C2CCCO2)[nH]c1=O. The Balaban J connectivity index is 2.32. The fourth-order valence-corrected chi connectivity index (χ4v) is 1.67. The number of nitrogens with one attached hydrogen (secondary N) is 1. The molecule has 0 amide bonds. The second-order valence-corrected chi connectivity index (χ2v) is 3.46. The molecule has 2 heterocycles. The third-order valence-corrected chi connectivity index (χ3v) is 2.44. The van der Waals surface area contributed by atoms with Crippen LogP contribution in [0.1, 0.15) is 35.0 Å². The quantitative estimate of drug-likeness (QED) is 0.759. The van der Waals surface area contributed by atoms with Crippen LogP contribution in [0.4, 0.5) is 0 Å². The van der Waals surface area contributed by atoms with Crippen LogP contribution in [0.15, 0.2) is 16.9 Å². The largest absolute Gasteiger partial charge is 0.477 e. The normalized spacial score (nSPS) is 20.4. The van der Waals surface area contributed by atoms with Gasteiger partial charge < -0.3 is 14.8 Å². The van der Waals surface area contributed by atoms with Crippen molar-refractivity contribution in [1.82, 2.24) is 4.98 Å². The third-order valence-electron chi connectivity index (χ3n) is 2.44. The van der Waals surface area contributed by atoms with Gasteiger partial charge in [-0.3, -0.25) is 4.79 Å². The van der Waals surface area contributed by atoms with Gasteiger partial charge in [0.2, 0.25) is 0 Å². The van der Waals surface area contributed by atoms with Gasteiger partial charge in [0.25, 0.3) is 5.56 Å². The van der Waals surface area contributed by atoms with E-state index < -0.39 is 11.5 Å². The van der Waals surface area contributed by atoms with Crippen molar-refractivity contribution >= 4 is 5.97 Å². The molecule has 0 bridgehead atoms. The van der Waals surface area contributed by atoms with Crippen LogP contribution in [-0.4, -0.2) is 22.7 Å². The van der Waals surface area contributed by atoms with Crippen molar-refractivity contribution in [1.29, 1.82) is 0 Å². The molecular formula is C10H11NO4. The van der Waals surface area contributed by atoms with Crippen molar-refractivity contribution in [3.05, 3.63) is 33.7 Å². The lowest BCUT2D eigenvalue weighted by atomic mass is 10.1. The predicted molar refractivity (Wildman–Crippen MR) is 51.9 cm³/mol. The second-order valence-electron chi connectivity index (χ2n) is 3.46. The van der Waals surface area contributed by atoms with Crippen LogP contribution in [0.2, 0.25) is 0 Å². The van der Waals surface area contributed by atoms with Gasteiger partial charge >= 0.3 is 5.97 Å². The molecule has 0 spiro atoms. The Hall–Kier alpha value is -1.62. The molecule has 1 aliphatic rings. The maximum absolute atomic E-state index is 11.3. The minimum atomic E-state index is -1.21. The van der Waals surface area contributed by atoms with Crippen LogP contribution in [-0.2, 0) is 4.74 Å². The highest BCUT2D eigenvalue weighted by molar-refractivity contribution is 5.86. The van der Waals surface area contributed by atoms with Gasteiger partial charge in [-0.15, -0.1) is 0 Å². The lowest BCUT2D eigenvalue weighted by molar-refractivity contribution is 0.0694. The van der Waals surface area contributed by atoms with E-state index in [-0.39, 0.29) is 11.7 Å². The highest BCUT2D eigenvalue weighted by atomic mass is 16.5. The summed E-state index contributed by atoms with van der Waals surface area (Å²) in [5.41, 5.74) is -0.158. The van der Waals surface area contributed by atoms with Crippen molar-refractivity contribution in [2.45, 2.75) is 18.9 Å². The fourth-order valence-electron chi connectivity index (χ4n) is 1.67. The summed E-state index contributed by atoms with van der Waals surface area (Å²) >= 11 is 0. The zero-order valence-corrected chi connectivity index (χ0v) is 8.03. The highest BCUT2D eigenvalue weighted by Crippen LogP contribution is 2.26. The summed E-state index contributed by atoms with van der Waals surface area (Å²) in [7, 11) is 0. The molecule has 1 unspecified atom stereocenters. The zero-order chi connectivity index (χ0) is 10.8. The topological polar surface area (TPSA) is 79.4 Å². The molecule has 0 radical (unpaired) electrons. The Morgan fingerprint density at radius 2 is 2.33 bits per heavy atom. The number of aromatic amines is 1. The van der Waals surface area contributed by atoms with Gasteiger partial charge in [0.15, 0.2) is 0 Å². The number of hydrogen-bond donors (Lipinski definition) is 2. The number of hydrogen-bond acceptors (Lipinski definition) is 3. The monoisotopic (exact) mass is 209 g/mol. The van der Waals surface area contributed by atoms with E-state index in [2.05, 4.69) is 4.98 Å². The highest BCUT2D eigenvalue weighted by Gasteiger charge is 2.19. The van der Waals surface area contributed by atoms with Gasteiger partial charge in [0.1, 0.15) is 5.56 Å². The molecule has 1 aromatic rings. The van der Waals surface area contributed by atoms with Crippen molar-refractivity contribution < 1.29 is 14.6 Å². The molecule has 1 aliphatic heterocycles. The summed E-state index contributed by atoms with van der Waals surface area (Å²) in [6.45, 7) is 0.688.